The van der Waals surface area contributed by atoms with Gasteiger partial charge in [-0.25, -0.2) is 32.5 Å². The van der Waals surface area contributed by atoms with Gasteiger partial charge in [-0.2, -0.15) is 0 Å². The van der Waals surface area contributed by atoms with Crippen LogP contribution in [0.25, 0.3) is 11.4 Å². The van der Waals surface area contributed by atoms with Crippen molar-refractivity contribution in [1.82, 2.24) is 29.1 Å². The number of hydrogen-bond donors (Lipinski definition) is 2. The second-order valence-electron chi connectivity index (χ2n) is 8.05. The van der Waals surface area contributed by atoms with Gasteiger partial charge in [0.25, 0.3) is 0 Å². The molecular weight excluding hydrogens is 433 g/mol. The van der Waals surface area contributed by atoms with Gasteiger partial charge >= 0.3 is 0 Å². The normalized spacial score (nSPS) is 13.2. The van der Waals surface area contributed by atoms with Gasteiger partial charge < -0.3 is 14.8 Å². The lowest BCUT2D eigenvalue weighted by molar-refractivity contribution is 0.412. The lowest BCUT2D eigenvalue weighted by Crippen LogP contribution is -2.31. The molecule has 0 fully saturated rings. The number of aromatic nitrogens is 4. The van der Waals surface area contributed by atoms with E-state index in [1.165, 1.54) is 12.1 Å². The monoisotopic (exact) mass is 459 g/mol. The minimum atomic E-state index is -3.80. The number of sulfonamides is 1. The highest BCUT2D eigenvalue weighted by Gasteiger charge is 2.24. The summed E-state index contributed by atoms with van der Waals surface area (Å²) in [5, 5.41) is 2.87. The molecular formula is C21H26FN7O2S. The lowest BCUT2D eigenvalue weighted by atomic mass is 9.98. The molecule has 170 valence electrons. The van der Waals surface area contributed by atoms with Crippen molar-refractivity contribution in [1.29, 1.82) is 0 Å². The first-order valence-electron chi connectivity index (χ1n) is 10.2. The van der Waals surface area contributed by atoms with Crippen molar-refractivity contribution >= 4 is 21.7 Å². The minimum absolute atomic E-state index is 0.0920. The smallest absolute Gasteiger partial charge is 0.240 e. The molecule has 0 amide bonds. The molecule has 9 nitrogen and oxygen atoms in total. The molecule has 2 heterocycles. The fraction of sp³-hybridized carbons (Fsp3) is 0.381. The number of likely N-dealkylation sites (N-methyl/N-ethyl adjacent to an activating group) is 1. The van der Waals surface area contributed by atoms with Crippen LogP contribution in [0.2, 0.25) is 0 Å². The molecule has 32 heavy (non-hydrogen) atoms. The van der Waals surface area contributed by atoms with Gasteiger partial charge in [-0.15, -0.1) is 0 Å². The summed E-state index contributed by atoms with van der Waals surface area (Å²) >= 11 is 0. The molecule has 3 aromatic rings. The molecule has 2 N–H and O–H groups in total. The van der Waals surface area contributed by atoms with Crippen molar-refractivity contribution in [3.05, 3.63) is 47.3 Å². The number of nitrogens with zero attached hydrogens (tertiary/aromatic N) is 5. The maximum atomic E-state index is 14.7. The number of anilines is 2. The van der Waals surface area contributed by atoms with E-state index in [1.54, 1.807) is 6.20 Å². The molecule has 0 bridgehead atoms. The van der Waals surface area contributed by atoms with E-state index in [0.717, 1.165) is 47.4 Å². The van der Waals surface area contributed by atoms with Gasteiger partial charge in [-0.1, -0.05) is 0 Å². The van der Waals surface area contributed by atoms with Gasteiger partial charge in [0.2, 0.25) is 16.0 Å². The third-order valence-electron chi connectivity index (χ3n) is 5.46. The average Bonchev–Trinajstić information content (AvgIpc) is 3.03. The van der Waals surface area contributed by atoms with Crippen LogP contribution in [0.15, 0.2) is 29.3 Å². The summed E-state index contributed by atoms with van der Waals surface area (Å²) in [7, 11) is 1.82. The van der Waals surface area contributed by atoms with Crippen molar-refractivity contribution in [2.75, 3.05) is 32.5 Å². The number of halogens is 1. The predicted octanol–water partition coefficient (Wildman–Crippen LogP) is 2.01. The zero-order chi connectivity index (χ0) is 23.0. The molecule has 0 saturated carbocycles. The highest BCUT2D eigenvalue weighted by molar-refractivity contribution is 7.89. The van der Waals surface area contributed by atoms with Crippen molar-refractivity contribution in [3.63, 3.8) is 0 Å². The molecule has 0 aliphatic heterocycles. The summed E-state index contributed by atoms with van der Waals surface area (Å²) in [5.74, 6) is 0.422. The number of nitrogens with one attached hydrogen (secondary N) is 2. The van der Waals surface area contributed by atoms with Crippen LogP contribution in [0.1, 0.15) is 17.1 Å². The molecule has 0 spiro atoms. The Morgan fingerprint density at radius 2 is 2.00 bits per heavy atom. The maximum absolute atomic E-state index is 14.7. The van der Waals surface area contributed by atoms with Gasteiger partial charge in [0.1, 0.15) is 11.6 Å². The zero-order valence-electron chi connectivity index (χ0n) is 18.5. The van der Waals surface area contributed by atoms with Crippen LogP contribution in [0.4, 0.5) is 16.0 Å². The molecule has 0 unspecified atom stereocenters. The van der Waals surface area contributed by atoms with Crippen molar-refractivity contribution < 1.29 is 12.8 Å². The quantitative estimate of drug-likeness (QED) is 0.557. The van der Waals surface area contributed by atoms with Crippen LogP contribution < -0.4 is 10.0 Å². The first-order valence-corrected chi connectivity index (χ1v) is 11.7. The van der Waals surface area contributed by atoms with E-state index in [2.05, 4.69) is 25.0 Å². The molecule has 0 saturated heterocycles. The van der Waals surface area contributed by atoms with Crippen molar-refractivity contribution in [2.45, 2.75) is 24.7 Å². The molecule has 1 aliphatic carbocycles. The zero-order valence-corrected chi connectivity index (χ0v) is 19.3. The van der Waals surface area contributed by atoms with Crippen molar-refractivity contribution in [3.8, 4) is 11.4 Å². The molecule has 0 radical (unpaired) electrons. The van der Waals surface area contributed by atoms with E-state index < -0.39 is 15.8 Å². The molecule has 1 aromatic carbocycles. The minimum Gasteiger partial charge on any atom is -0.330 e. The Kier molecular flexibility index (Phi) is 5.97. The van der Waals surface area contributed by atoms with Gasteiger partial charge in [-0.3, -0.25) is 0 Å². The Balaban J connectivity index is 1.57. The second-order valence-corrected chi connectivity index (χ2v) is 9.82. The Bertz CT molecular complexity index is 1270. The first-order chi connectivity index (χ1) is 15.2. The van der Waals surface area contributed by atoms with Crippen LogP contribution in [0.5, 0.6) is 0 Å². The third-order valence-corrected chi connectivity index (χ3v) is 6.92. The second kappa shape index (κ2) is 8.57. The molecule has 1 aliphatic rings. The standard InChI is InChI=1S/C21H26FN7O2S/c1-13-25-18-7-5-14-12-23-21(27-19(14)20(18)29(13)4)26-17-8-6-15(11-16(17)22)32(30,31)24-9-10-28(2)3/h6,8,11-12,24H,5,7,9-10H2,1-4H3,(H,23,26,27). The molecule has 11 heteroatoms. The summed E-state index contributed by atoms with van der Waals surface area (Å²) in [5.41, 5.74) is 3.81. The summed E-state index contributed by atoms with van der Waals surface area (Å²) in [4.78, 5) is 15.2. The lowest BCUT2D eigenvalue weighted by Gasteiger charge is -2.17. The summed E-state index contributed by atoms with van der Waals surface area (Å²) < 4.78 is 44.0. The highest BCUT2D eigenvalue weighted by atomic mass is 32.2. The molecule has 4 rings (SSSR count). The van der Waals surface area contributed by atoms with Crippen LogP contribution in [-0.2, 0) is 29.9 Å². The highest BCUT2D eigenvalue weighted by Crippen LogP contribution is 2.33. The van der Waals surface area contributed by atoms with E-state index in [1.807, 2.05) is 37.5 Å². The van der Waals surface area contributed by atoms with Gasteiger partial charge in [0, 0.05) is 26.3 Å². The van der Waals surface area contributed by atoms with Crippen molar-refractivity contribution in [2.24, 2.45) is 7.05 Å². The Hall–Kier alpha value is -2.89. The van der Waals surface area contributed by atoms with Gasteiger partial charge in [-0.05, 0) is 57.6 Å². The molecule has 2 aromatic heterocycles. The molecule has 0 atom stereocenters. The van der Waals surface area contributed by atoms with Crippen LogP contribution >= 0.6 is 0 Å². The summed E-state index contributed by atoms with van der Waals surface area (Å²) in [6.45, 7) is 2.71. The SMILES string of the molecule is Cc1nc2c(n1C)-c1nc(Nc3ccc(S(=O)(=O)NCCN(C)C)cc3F)ncc1CC2. The topological polar surface area (TPSA) is 105 Å². The van der Waals surface area contributed by atoms with Crippen LogP contribution in [0, 0.1) is 12.7 Å². The number of aryl methyl sites for hydroxylation is 3. The number of imidazole rings is 1. The Labute approximate surface area is 186 Å². The largest absolute Gasteiger partial charge is 0.330 e. The summed E-state index contributed by atoms with van der Waals surface area (Å²) in [6.07, 6.45) is 3.36. The van der Waals surface area contributed by atoms with E-state index in [-0.39, 0.29) is 23.1 Å². The Morgan fingerprint density at radius 1 is 1.22 bits per heavy atom. The number of hydrogen-bond acceptors (Lipinski definition) is 7. The van der Waals surface area contributed by atoms with Crippen LogP contribution in [0.3, 0.4) is 0 Å². The van der Waals surface area contributed by atoms with E-state index in [0.29, 0.717) is 6.54 Å². The number of rotatable bonds is 7. The van der Waals surface area contributed by atoms with Gasteiger partial charge in [0.05, 0.1) is 27.7 Å². The van der Waals surface area contributed by atoms with Gasteiger partial charge in [0.15, 0.2) is 0 Å². The van der Waals surface area contributed by atoms with Crippen LogP contribution in [-0.4, -0.2) is 60.0 Å². The summed E-state index contributed by atoms with van der Waals surface area (Å²) in [6, 6.07) is 3.71. The number of benzene rings is 1. The maximum Gasteiger partial charge on any atom is 0.240 e. The fourth-order valence-electron chi connectivity index (χ4n) is 3.63. The first kappa shape index (κ1) is 22.3. The average molecular weight is 460 g/mol. The predicted molar refractivity (Wildman–Crippen MR) is 120 cm³/mol. The third kappa shape index (κ3) is 4.36. The van der Waals surface area contributed by atoms with E-state index in [4.69, 9.17) is 0 Å². The van der Waals surface area contributed by atoms with E-state index >= 15 is 0 Å². The Morgan fingerprint density at radius 3 is 2.72 bits per heavy atom. The van der Waals surface area contributed by atoms with E-state index in [9.17, 15) is 12.8 Å². The number of fused-ring (bicyclic) bond motifs is 3. The fourth-order valence-corrected chi connectivity index (χ4v) is 4.66.